The van der Waals surface area contributed by atoms with E-state index < -0.39 is 68.0 Å². The average Bonchev–Trinajstić information content (AvgIpc) is 2.77. The van der Waals surface area contributed by atoms with Crippen LogP contribution in [0.1, 0.15) is 12.5 Å². The highest BCUT2D eigenvalue weighted by Gasteiger charge is 2.50. The molecule has 12 heteroatoms. The van der Waals surface area contributed by atoms with Gasteiger partial charge in [-0.15, -0.1) is 0 Å². The van der Waals surface area contributed by atoms with Gasteiger partial charge in [-0.25, -0.2) is 0 Å². The lowest BCUT2D eigenvalue weighted by Crippen LogP contribution is -2.64. The molecule has 0 aliphatic carbocycles. The van der Waals surface area contributed by atoms with E-state index in [0.29, 0.717) is 5.56 Å². The molecule has 10 atom stereocenters. The van der Waals surface area contributed by atoms with E-state index in [1.165, 1.54) is 19.1 Å². The van der Waals surface area contributed by atoms with Gasteiger partial charge in [0, 0.05) is 0 Å². The number of hydrogen-bond donors (Lipinski definition) is 8. The number of ether oxygens (including phenoxy) is 4. The second-order valence-corrected chi connectivity index (χ2v) is 7.93. The van der Waals surface area contributed by atoms with Crippen molar-refractivity contribution in [3.8, 4) is 11.5 Å². The van der Waals surface area contributed by atoms with E-state index >= 15 is 0 Å². The van der Waals surface area contributed by atoms with E-state index in [9.17, 15) is 40.9 Å². The van der Waals surface area contributed by atoms with Gasteiger partial charge in [-0.1, -0.05) is 6.07 Å². The molecular formula is C20H30O12. The number of hydrogen-bond acceptors (Lipinski definition) is 12. The van der Waals surface area contributed by atoms with Crippen LogP contribution in [0.15, 0.2) is 18.2 Å². The minimum atomic E-state index is -1.65. The fourth-order valence-corrected chi connectivity index (χ4v) is 3.63. The molecule has 0 bridgehead atoms. The van der Waals surface area contributed by atoms with Crippen molar-refractivity contribution in [2.75, 3.05) is 13.2 Å². The molecule has 2 saturated heterocycles. The third kappa shape index (κ3) is 5.31. The molecule has 182 valence electrons. The van der Waals surface area contributed by atoms with Crippen LogP contribution in [-0.4, -0.2) is 115 Å². The highest BCUT2D eigenvalue weighted by atomic mass is 16.8. The van der Waals surface area contributed by atoms with Crippen LogP contribution in [0, 0.1) is 0 Å². The Hall–Kier alpha value is -1.58. The maximum Gasteiger partial charge on any atom is 0.187 e. The molecule has 0 amide bonds. The zero-order chi connectivity index (χ0) is 23.6. The zero-order valence-electron chi connectivity index (χ0n) is 17.3. The maximum absolute atomic E-state index is 10.5. The Morgan fingerprint density at radius 3 is 2.22 bits per heavy atom. The van der Waals surface area contributed by atoms with Gasteiger partial charge in [0.1, 0.15) is 42.7 Å². The molecule has 0 saturated carbocycles. The third-order valence-corrected chi connectivity index (χ3v) is 5.64. The molecule has 0 spiro atoms. The standard InChI is InChI=1S/C20H30O12/c1-8-13(24)15(26)17(28)19(30-8)32-18-16(27)14(25)12(7-21)31-20(18)29-5-4-9-2-3-10(22)11(23)6-9/h2-3,6,8,12-28H,4-5,7H2,1H3. The minimum absolute atomic E-state index is 0.00151. The first-order chi connectivity index (χ1) is 15.1. The van der Waals surface area contributed by atoms with Crippen LogP contribution >= 0.6 is 0 Å². The molecule has 3 rings (SSSR count). The predicted molar refractivity (Wildman–Crippen MR) is 104 cm³/mol. The van der Waals surface area contributed by atoms with Gasteiger partial charge in [0.15, 0.2) is 24.1 Å². The summed E-state index contributed by atoms with van der Waals surface area (Å²) in [6, 6.07) is 4.24. The van der Waals surface area contributed by atoms with Crippen molar-refractivity contribution in [2.45, 2.75) is 74.8 Å². The van der Waals surface area contributed by atoms with E-state index in [4.69, 9.17) is 18.9 Å². The number of aromatic hydroxyl groups is 2. The zero-order valence-corrected chi connectivity index (χ0v) is 17.3. The summed E-state index contributed by atoms with van der Waals surface area (Å²) in [5.74, 6) is -0.566. The van der Waals surface area contributed by atoms with Gasteiger partial charge < -0.3 is 59.8 Å². The Bertz CT molecular complexity index is 747. The van der Waals surface area contributed by atoms with Gasteiger partial charge in [-0.05, 0) is 31.0 Å². The van der Waals surface area contributed by atoms with Crippen molar-refractivity contribution in [1.29, 1.82) is 0 Å². The first-order valence-electron chi connectivity index (χ1n) is 10.2. The topological polar surface area (TPSA) is 199 Å². The van der Waals surface area contributed by atoms with Gasteiger partial charge in [-0.3, -0.25) is 0 Å². The lowest BCUT2D eigenvalue weighted by Gasteiger charge is -2.45. The fourth-order valence-electron chi connectivity index (χ4n) is 3.63. The molecule has 1 aromatic carbocycles. The Kier molecular flexibility index (Phi) is 8.27. The van der Waals surface area contributed by atoms with Crippen molar-refractivity contribution in [2.24, 2.45) is 0 Å². The van der Waals surface area contributed by atoms with Crippen LogP contribution in [-0.2, 0) is 25.4 Å². The van der Waals surface area contributed by atoms with E-state index in [-0.39, 0.29) is 24.5 Å². The highest BCUT2D eigenvalue weighted by Crippen LogP contribution is 2.30. The van der Waals surface area contributed by atoms with Crippen LogP contribution in [0.3, 0.4) is 0 Å². The molecule has 2 aliphatic heterocycles. The largest absolute Gasteiger partial charge is 0.504 e. The Morgan fingerprint density at radius 1 is 0.844 bits per heavy atom. The lowest BCUT2D eigenvalue weighted by atomic mass is 9.97. The van der Waals surface area contributed by atoms with Crippen molar-refractivity contribution in [3.05, 3.63) is 23.8 Å². The molecule has 0 radical (unpaired) electrons. The minimum Gasteiger partial charge on any atom is -0.504 e. The first-order valence-corrected chi connectivity index (χ1v) is 10.2. The maximum atomic E-state index is 10.5. The molecule has 10 unspecified atom stereocenters. The highest BCUT2D eigenvalue weighted by molar-refractivity contribution is 5.40. The summed E-state index contributed by atoms with van der Waals surface area (Å²) in [4.78, 5) is 0. The summed E-state index contributed by atoms with van der Waals surface area (Å²) in [6.45, 7) is 0.851. The number of benzene rings is 1. The van der Waals surface area contributed by atoms with Crippen molar-refractivity contribution < 1.29 is 59.8 Å². The van der Waals surface area contributed by atoms with Gasteiger partial charge in [0.2, 0.25) is 0 Å². The summed E-state index contributed by atoms with van der Waals surface area (Å²) in [5.41, 5.74) is 0.629. The summed E-state index contributed by atoms with van der Waals surface area (Å²) in [7, 11) is 0. The van der Waals surface area contributed by atoms with E-state index in [2.05, 4.69) is 0 Å². The number of aliphatic hydroxyl groups is 6. The molecule has 32 heavy (non-hydrogen) atoms. The Morgan fingerprint density at radius 2 is 1.56 bits per heavy atom. The average molecular weight is 462 g/mol. The van der Waals surface area contributed by atoms with Gasteiger partial charge in [0.25, 0.3) is 0 Å². The molecule has 2 heterocycles. The summed E-state index contributed by atoms with van der Waals surface area (Å²) in [6.07, 6.45) is -13.6. The van der Waals surface area contributed by atoms with E-state index in [1.54, 1.807) is 6.07 Å². The number of phenols is 2. The smallest absolute Gasteiger partial charge is 0.187 e. The van der Waals surface area contributed by atoms with Crippen LogP contribution in [0.4, 0.5) is 0 Å². The SMILES string of the molecule is CC1OC(OC2C(OCCc3ccc(O)c(O)c3)OC(CO)C(O)C2O)C(O)C(O)C1O. The normalized spacial score (nSPS) is 40.3. The molecule has 1 aromatic rings. The second kappa shape index (κ2) is 10.6. The Labute approximate surface area is 183 Å². The Balaban J connectivity index is 1.69. The van der Waals surface area contributed by atoms with Crippen LogP contribution in [0.25, 0.3) is 0 Å². The summed E-state index contributed by atoms with van der Waals surface area (Å²) in [5, 5.41) is 79.2. The molecule has 0 aromatic heterocycles. The van der Waals surface area contributed by atoms with Crippen molar-refractivity contribution >= 4 is 0 Å². The molecule has 2 aliphatic rings. The monoisotopic (exact) mass is 462 g/mol. The predicted octanol–water partition coefficient (Wildman–Crippen LogP) is -2.69. The summed E-state index contributed by atoms with van der Waals surface area (Å²) < 4.78 is 22.1. The quantitative estimate of drug-likeness (QED) is 0.196. The third-order valence-electron chi connectivity index (χ3n) is 5.64. The summed E-state index contributed by atoms with van der Waals surface area (Å²) >= 11 is 0. The fraction of sp³-hybridized carbons (Fsp3) is 0.700. The number of aliphatic hydroxyl groups excluding tert-OH is 6. The molecular weight excluding hydrogens is 432 g/mol. The number of phenolic OH excluding ortho intramolecular Hbond substituents is 2. The van der Waals surface area contributed by atoms with E-state index in [0.717, 1.165) is 0 Å². The van der Waals surface area contributed by atoms with Crippen LogP contribution in [0.5, 0.6) is 11.5 Å². The number of rotatable bonds is 7. The lowest BCUT2D eigenvalue weighted by molar-refractivity contribution is -0.364. The molecule has 8 N–H and O–H groups in total. The second-order valence-electron chi connectivity index (χ2n) is 7.93. The van der Waals surface area contributed by atoms with Crippen molar-refractivity contribution in [1.82, 2.24) is 0 Å². The first kappa shape index (κ1) is 25.1. The van der Waals surface area contributed by atoms with Crippen LogP contribution in [0.2, 0.25) is 0 Å². The van der Waals surface area contributed by atoms with Gasteiger partial charge >= 0.3 is 0 Å². The molecule has 12 nitrogen and oxygen atoms in total. The van der Waals surface area contributed by atoms with Gasteiger partial charge in [-0.2, -0.15) is 0 Å². The van der Waals surface area contributed by atoms with Crippen molar-refractivity contribution in [3.63, 3.8) is 0 Å². The van der Waals surface area contributed by atoms with Gasteiger partial charge in [0.05, 0.1) is 19.3 Å². The van der Waals surface area contributed by atoms with E-state index in [1.807, 2.05) is 0 Å². The molecule has 2 fully saturated rings. The van der Waals surface area contributed by atoms with Crippen LogP contribution < -0.4 is 0 Å².